The van der Waals surface area contributed by atoms with Gasteiger partial charge < -0.3 is 14.4 Å². The molecule has 0 bridgehead atoms. The molecule has 3 rings (SSSR count). The van der Waals surface area contributed by atoms with Crippen LogP contribution in [0.3, 0.4) is 0 Å². The van der Waals surface area contributed by atoms with Crippen molar-refractivity contribution < 1.29 is 14.3 Å². The highest BCUT2D eigenvalue weighted by Crippen LogP contribution is 2.31. The van der Waals surface area contributed by atoms with E-state index in [9.17, 15) is 4.79 Å². The number of likely N-dealkylation sites (N-methyl/N-ethyl adjacent to an activating group) is 2. The number of amides is 1. The zero-order valence-corrected chi connectivity index (χ0v) is 17.5. The Morgan fingerprint density at radius 2 is 1.75 bits per heavy atom. The summed E-state index contributed by atoms with van der Waals surface area (Å²) in [5, 5.41) is 1.16. The lowest BCUT2D eigenvalue weighted by Gasteiger charge is -2.14. The molecule has 0 radical (unpaired) electrons. The van der Waals surface area contributed by atoms with Gasteiger partial charge in [-0.25, -0.2) is 0 Å². The third-order valence-corrected chi connectivity index (χ3v) is 5.14. The number of hydrogen-bond donors (Lipinski definition) is 0. The first-order valence-corrected chi connectivity index (χ1v) is 9.61. The first kappa shape index (κ1) is 20.2. The summed E-state index contributed by atoms with van der Waals surface area (Å²) in [6, 6.07) is 13.1. The monoisotopic (exact) mass is 416 g/mol. The second-order valence-electron chi connectivity index (χ2n) is 6.29. The lowest BCUT2D eigenvalue weighted by atomic mass is 10.1. The number of halogens is 1. The van der Waals surface area contributed by atoms with Gasteiger partial charge in [0.15, 0.2) is 16.6 Å². The minimum absolute atomic E-state index is 0.131. The zero-order valence-electron chi connectivity index (χ0n) is 15.9. The summed E-state index contributed by atoms with van der Waals surface area (Å²) in [7, 11) is 3.45. The maximum absolute atomic E-state index is 12.4. The summed E-state index contributed by atoms with van der Waals surface area (Å²) in [6.45, 7) is 2.82. The number of rotatable bonds is 6. The van der Waals surface area contributed by atoms with E-state index in [-0.39, 0.29) is 5.91 Å². The second-order valence-corrected chi connectivity index (χ2v) is 7.09. The number of hydrogen-bond acceptors (Lipinski definition) is 4. The number of benzene rings is 2. The van der Waals surface area contributed by atoms with Crippen molar-refractivity contribution in [1.29, 1.82) is 0 Å². The molecule has 1 heterocycles. The molecular formula is C21H21ClN2O3S. The van der Waals surface area contributed by atoms with Crippen molar-refractivity contribution in [3.8, 4) is 11.5 Å². The third kappa shape index (κ3) is 4.29. The highest BCUT2D eigenvalue weighted by molar-refractivity contribution is 7.80. The van der Waals surface area contributed by atoms with E-state index in [0.717, 1.165) is 11.1 Å². The number of carbonyl (C=O) groups is 1. The predicted molar refractivity (Wildman–Crippen MR) is 115 cm³/mol. The molecule has 146 valence electrons. The van der Waals surface area contributed by atoms with Crippen molar-refractivity contribution in [2.75, 3.05) is 20.7 Å². The molecule has 7 heteroatoms. The predicted octanol–water partition coefficient (Wildman–Crippen LogP) is 4.35. The van der Waals surface area contributed by atoms with Gasteiger partial charge in [-0.05, 0) is 60.6 Å². The van der Waals surface area contributed by atoms with Crippen molar-refractivity contribution in [2.24, 2.45) is 0 Å². The number of thiocarbonyl (C=S) groups is 1. The molecule has 0 unspecified atom stereocenters. The zero-order chi connectivity index (χ0) is 20.3. The van der Waals surface area contributed by atoms with E-state index in [1.54, 1.807) is 25.1 Å². The fourth-order valence-electron chi connectivity index (χ4n) is 2.79. The van der Waals surface area contributed by atoms with Crippen LogP contribution in [0.5, 0.6) is 11.5 Å². The van der Waals surface area contributed by atoms with Crippen LogP contribution in [-0.4, -0.2) is 41.5 Å². The Balaban J connectivity index is 1.82. The van der Waals surface area contributed by atoms with Crippen LogP contribution >= 0.6 is 23.8 Å². The molecule has 0 saturated carbocycles. The van der Waals surface area contributed by atoms with Gasteiger partial charge in [-0.3, -0.25) is 9.69 Å². The van der Waals surface area contributed by atoms with E-state index >= 15 is 0 Å². The van der Waals surface area contributed by atoms with Gasteiger partial charge in [0, 0.05) is 19.1 Å². The minimum Gasteiger partial charge on any atom is -0.490 e. The number of ether oxygens (including phenoxy) is 2. The first-order valence-electron chi connectivity index (χ1n) is 8.82. The van der Waals surface area contributed by atoms with Crippen LogP contribution in [0.2, 0.25) is 5.02 Å². The van der Waals surface area contributed by atoms with Crippen LogP contribution in [-0.2, 0) is 11.4 Å². The number of carbonyl (C=O) groups excluding carboxylic acids is 1. The Bertz CT molecular complexity index is 928. The summed E-state index contributed by atoms with van der Waals surface area (Å²) in [5.41, 5.74) is 2.35. The summed E-state index contributed by atoms with van der Waals surface area (Å²) in [6.07, 6.45) is 1.80. The highest BCUT2D eigenvalue weighted by Gasteiger charge is 2.32. The summed E-state index contributed by atoms with van der Waals surface area (Å²) in [4.78, 5) is 15.5. The van der Waals surface area contributed by atoms with E-state index in [2.05, 4.69) is 0 Å². The molecule has 0 aromatic heterocycles. The Hall–Kier alpha value is -2.57. The Morgan fingerprint density at radius 1 is 1.04 bits per heavy atom. The molecule has 0 atom stereocenters. The molecule has 1 aliphatic heterocycles. The molecule has 1 amide bonds. The van der Waals surface area contributed by atoms with Gasteiger partial charge >= 0.3 is 0 Å². The van der Waals surface area contributed by atoms with Gasteiger partial charge in [0.05, 0.1) is 6.61 Å². The van der Waals surface area contributed by atoms with Crippen molar-refractivity contribution in [3.63, 3.8) is 0 Å². The van der Waals surface area contributed by atoms with Gasteiger partial charge in [-0.1, -0.05) is 29.8 Å². The van der Waals surface area contributed by atoms with Crippen LogP contribution in [0.25, 0.3) is 6.08 Å². The van der Waals surface area contributed by atoms with Gasteiger partial charge in [-0.15, -0.1) is 0 Å². The van der Waals surface area contributed by atoms with Gasteiger partial charge in [0.25, 0.3) is 5.91 Å². The summed E-state index contributed by atoms with van der Waals surface area (Å²) < 4.78 is 11.7. The van der Waals surface area contributed by atoms with Crippen molar-refractivity contribution in [3.05, 3.63) is 64.3 Å². The van der Waals surface area contributed by atoms with Gasteiger partial charge in [0.1, 0.15) is 12.3 Å². The molecule has 28 heavy (non-hydrogen) atoms. The average Bonchev–Trinajstić information content (AvgIpc) is 2.87. The highest BCUT2D eigenvalue weighted by atomic mass is 35.5. The van der Waals surface area contributed by atoms with Crippen LogP contribution in [0, 0.1) is 0 Å². The van der Waals surface area contributed by atoms with Gasteiger partial charge in [0.2, 0.25) is 0 Å². The Morgan fingerprint density at radius 3 is 2.36 bits per heavy atom. The van der Waals surface area contributed by atoms with E-state index in [1.165, 1.54) is 4.90 Å². The molecule has 5 nitrogen and oxygen atoms in total. The minimum atomic E-state index is -0.131. The Kier molecular flexibility index (Phi) is 6.21. The summed E-state index contributed by atoms with van der Waals surface area (Å²) >= 11 is 11.2. The SMILES string of the molecule is CCOc1cc(/C=C2/C(=O)N(C)C(=S)N2C)ccc1OCc1ccc(Cl)cc1. The van der Waals surface area contributed by atoms with Crippen molar-refractivity contribution >= 4 is 40.9 Å². The maximum atomic E-state index is 12.4. The molecule has 0 spiro atoms. The maximum Gasteiger partial charge on any atom is 0.276 e. The van der Waals surface area contributed by atoms with Crippen molar-refractivity contribution in [2.45, 2.75) is 13.5 Å². The molecule has 0 aliphatic carbocycles. The molecule has 2 aromatic rings. The number of nitrogens with zero attached hydrogens (tertiary/aromatic N) is 2. The van der Waals surface area contributed by atoms with Crippen LogP contribution in [0.15, 0.2) is 48.2 Å². The molecule has 0 N–H and O–H groups in total. The smallest absolute Gasteiger partial charge is 0.276 e. The Labute approximate surface area is 175 Å². The fraction of sp³-hybridized carbons (Fsp3) is 0.238. The molecule has 1 saturated heterocycles. The molecule has 1 fully saturated rings. The standard InChI is InChI=1S/C21H21ClN2O3S/c1-4-26-19-12-15(11-17-20(25)24(3)21(28)23(17)2)7-10-18(19)27-13-14-5-8-16(22)9-6-14/h5-12H,4,13H2,1-3H3/b17-11-. The topological polar surface area (TPSA) is 42.0 Å². The van der Waals surface area contributed by atoms with E-state index < -0.39 is 0 Å². The average molecular weight is 417 g/mol. The summed E-state index contributed by atoms with van der Waals surface area (Å²) in [5.74, 6) is 1.13. The fourth-order valence-corrected chi connectivity index (χ4v) is 3.10. The molecule has 2 aromatic carbocycles. The van der Waals surface area contributed by atoms with Gasteiger partial charge in [-0.2, -0.15) is 0 Å². The lowest BCUT2D eigenvalue weighted by molar-refractivity contribution is -0.121. The van der Waals surface area contributed by atoms with E-state index in [0.29, 0.717) is 40.5 Å². The van der Waals surface area contributed by atoms with Crippen LogP contribution in [0.1, 0.15) is 18.1 Å². The normalized spacial score (nSPS) is 15.5. The molecule has 1 aliphatic rings. The largest absolute Gasteiger partial charge is 0.490 e. The van der Waals surface area contributed by atoms with Crippen LogP contribution in [0.4, 0.5) is 0 Å². The third-order valence-electron chi connectivity index (χ3n) is 4.34. The van der Waals surface area contributed by atoms with E-state index in [1.807, 2.05) is 49.4 Å². The quantitative estimate of drug-likeness (QED) is 0.517. The van der Waals surface area contributed by atoms with Crippen molar-refractivity contribution in [1.82, 2.24) is 9.80 Å². The first-order chi connectivity index (χ1) is 13.4. The second kappa shape index (κ2) is 8.63. The molecular weight excluding hydrogens is 396 g/mol. The van der Waals surface area contributed by atoms with E-state index in [4.69, 9.17) is 33.3 Å². The lowest BCUT2D eigenvalue weighted by Crippen LogP contribution is -2.26. The van der Waals surface area contributed by atoms with Crippen LogP contribution < -0.4 is 9.47 Å².